The summed E-state index contributed by atoms with van der Waals surface area (Å²) in [4.78, 5) is 0.0387. The summed E-state index contributed by atoms with van der Waals surface area (Å²) in [5.74, 6) is 0.471. The summed E-state index contributed by atoms with van der Waals surface area (Å²) in [5.41, 5.74) is 0. The second kappa shape index (κ2) is 4.52. The van der Waals surface area contributed by atoms with Crippen molar-refractivity contribution in [1.82, 2.24) is 4.31 Å². The molecule has 0 aromatic heterocycles. The van der Waals surface area contributed by atoms with Crippen molar-refractivity contribution in [2.75, 3.05) is 6.54 Å². The van der Waals surface area contributed by atoms with Gasteiger partial charge in [0.2, 0.25) is 20.0 Å². The third kappa shape index (κ3) is 2.26. The fourth-order valence-corrected chi connectivity index (χ4v) is 5.37. The van der Waals surface area contributed by atoms with E-state index < -0.39 is 20.0 Å². The van der Waals surface area contributed by atoms with Gasteiger partial charge in [0.25, 0.3) is 0 Å². The highest BCUT2D eigenvalue weighted by atomic mass is 32.2. The van der Waals surface area contributed by atoms with E-state index in [-0.39, 0.29) is 15.8 Å². The molecule has 110 valence electrons. The fourth-order valence-electron chi connectivity index (χ4n) is 3.11. The van der Waals surface area contributed by atoms with Gasteiger partial charge in [-0.2, -0.15) is 4.31 Å². The lowest BCUT2D eigenvalue weighted by molar-refractivity contribution is 0.333. The van der Waals surface area contributed by atoms with Crippen LogP contribution in [-0.2, 0) is 20.0 Å². The molecule has 0 radical (unpaired) electrons. The van der Waals surface area contributed by atoms with Crippen molar-refractivity contribution < 1.29 is 16.8 Å². The van der Waals surface area contributed by atoms with E-state index in [0.29, 0.717) is 12.5 Å². The van der Waals surface area contributed by atoms with Crippen LogP contribution in [0.5, 0.6) is 0 Å². The first-order chi connectivity index (χ1) is 9.28. The van der Waals surface area contributed by atoms with Crippen molar-refractivity contribution in [1.29, 1.82) is 0 Å². The Morgan fingerprint density at radius 1 is 1.00 bits per heavy atom. The minimum absolute atomic E-state index is 0.0839. The summed E-state index contributed by atoms with van der Waals surface area (Å²) in [6.45, 7) is 0.573. The number of primary sulfonamides is 1. The first-order valence-electron chi connectivity index (χ1n) is 6.43. The van der Waals surface area contributed by atoms with Gasteiger partial charge < -0.3 is 0 Å². The molecule has 6 nitrogen and oxygen atoms in total. The van der Waals surface area contributed by atoms with Gasteiger partial charge in [-0.1, -0.05) is 0 Å². The predicted molar refractivity (Wildman–Crippen MR) is 72.8 cm³/mol. The van der Waals surface area contributed by atoms with Crippen LogP contribution in [0.4, 0.5) is 0 Å². The van der Waals surface area contributed by atoms with Crippen LogP contribution >= 0.6 is 0 Å². The summed E-state index contributed by atoms with van der Waals surface area (Å²) in [7, 11) is -7.34. The lowest BCUT2D eigenvalue weighted by atomic mass is 10.1. The summed E-state index contributed by atoms with van der Waals surface area (Å²) in [5, 5.41) is 5.00. The normalized spacial score (nSPS) is 27.1. The minimum Gasteiger partial charge on any atom is -0.225 e. The quantitative estimate of drug-likeness (QED) is 0.878. The molecule has 0 spiro atoms. The molecular weight excluding hydrogens is 300 g/mol. The second-order valence-electron chi connectivity index (χ2n) is 5.42. The number of fused-ring (bicyclic) bond motifs is 2. The number of piperidine rings is 1. The van der Waals surface area contributed by atoms with Gasteiger partial charge in [-0.15, -0.1) is 0 Å². The molecule has 1 aromatic rings. The molecule has 2 fully saturated rings. The van der Waals surface area contributed by atoms with Crippen LogP contribution in [0, 0.1) is 5.92 Å². The Hall–Kier alpha value is -0.960. The van der Waals surface area contributed by atoms with Crippen LogP contribution in [0.2, 0.25) is 0 Å². The van der Waals surface area contributed by atoms with Gasteiger partial charge in [-0.05, 0) is 49.4 Å². The van der Waals surface area contributed by atoms with Gasteiger partial charge in [0, 0.05) is 12.6 Å². The molecule has 2 aliphatic rings. The zero-order valence-electron chi connectivity index (χ0n) is 10.8. The standard InChI is InChI=1S/C12H16N2O4S2/c13-19(15,16)11-3-5-12(6-4-11)20(17,18)14-8-9-1-2-10(14)7-9/h3-6,9-10H,1-2,7-8H2,(H2,13,15,16). The molecule has 0 amide bonds. The van der Waals surface area contributed by atoms with Crippen molar-refractivity contribution in [2.45, 2.75) is 35.1 Å². The number of hydrogen-bond acceptors (Lipinski definition) is 4. The zero-order chi connectivity index (χ0) is 14.5. The largest absolute Gasteiger partial charge is 0.243 e. The fraction of sp³-hybridized carbons (Fsp3) is 0.500. The van der Waals surface area contributed by atoms with Crippen LogP contribution in [0.1, 0.15) is 19.3 Å². The van der Waals surface area contributed by atoms with E-state index in [1.165, 1.54) is 24.3 Å². The molecule has 1 saturated heterocycles. The summed E-state index contributed by atoms with van der Waals surface area (Å²) in [6.07, 6.45) is 2.95. The monoisotopic (exact) mass is 316 g/mol. The Morgan fingerprint density at radius 3 is 2.05 bits per heavy atom. The molecule has 1 aliphatic heterocycles. The molecule has 2 atom stereocenters. The Balaban J connectivity index is 1.92. The Morgan fingerprint density at radius 2 is 1.60 bits per heavy atom. The molecule has 1 saturated carbocycles. The van der Waals surface area contributed by atoms with E-state index >= 15 is 0 Å². The van der Waals surface area contributed by atoms with E-state index in [1.54, 1.807) is 4.31 Å². The molecule has 3 rings (SSSR count). The zero-order valence-corrected chi connectivity index (χ0v) is 12.4. The van der Waals surface area contributed by atoms with Crippen molar-refractivity contribution in [3.8, 4) is 0 Å². The predicted octanol–water partition coefficient (Wildman–Crippen LogP) is 0.507. The van der Waals surface area contributed by atoms with Crippen molar-refractivity contribution in [3.05, 3.63) is 24.3 Å². The highest BCUT2D eigenvalue weighted by Gasteiger charge is 2.44. The third-order valence-electron chi connectivity index (χ3n) is 4.12. The van der Waals surface area contributed by atoms with Gasteiger partial charge in [0.1, 0.15) is 0 Å². The number of rotatable bonds is 3. The first-order valence-corrected chi connectivity index (χ1v) is 9.42. The van der Waals surface area contributed by atoms with Crippen LogP contribution in [0.15, 0.2) is 34.1 Å². The number of nitrogens with two attached hydrogens (primary N) is 1. The SMILES string of the molecule is NS(=O)(=O)c1ccc(S(=O)(=O)N2CC3CCC2C3)cc1. The molecule has 8 heteroatoms. The lowest BCUT2D eigenvalue weighted by Gasteiger charge is -2.26. The van der Waals surface area contributed by atoms with Crippen molar-refractivity contribution >= 4 is 20.0 Å². The highest BCUT2D eigenvalue weighted by molar-refractivity contribution is 7.89. The topological polar surface area (TPSA) is 97.5 Å². The van der Waals surface area contributed by atoms with Gasteiger partial charge in [-0.25, -0.2) is 22.0 Å². The average Bonchev–Trinajstić information content (AvgIpc) is 3.00. The van der Waals surface area contributed by atoms with E-state index in [9.17, 15) is 16.8 Å². The van der Waals surface area contributed by atoms with Gasteiger partial charge in [0.15, 0.2) is 0 Å². The maximum atomic E-state index is 12.5. The summed E-state index contributed by atoms with van der Waals surface area (Å²) < 4.78 is 49.0. The third-order valence-corrected chi connectivity index (χ3v) is 6.98. The van der Waals surface area contributed by atoms with E-state index in [4.69, 9.17) is 5.14 Å². The summed E-state index contributed by atoms with van der Waals surface area (Å²) >= 11 is 0. The minimum atomic E-state index is -3.80. The molecule has 1 aromatic carbocycles. The average molecular weight is 316 g/mol. The van der Waals surface area contributed by atoms with Crippen LogP contribution in [0.3, 0.4) is 0 Å². The molecule has 1 aliphatic carbocycles. The number of sulfonamides is 2. The molecule has 2 unspecified atom stereocenters. The second-order valence-corrected chi connectivity index (χ2v) is 8.88. The van der Waals surface area contributed by atoms with Gasteiger partial charge in [0.05, 0.1) is 9.79 Å². The molecule has 2 N–H and O–H groups in total. The molecule has 2 bridgehead atoms. The van der Waals surface area contributed by atoms with Gasteiger partial charge >= 0.3 is 0 Å². The summed E-state index contributed by atoms with van der Waals surface area (Å²) in [6, 6.07) is 5.18. The Labute approximate surface area is 118 Å². The van der Waals surface area contributed by atoms with Crippen molar-refractivity contribution in [2.24, 2.45) is 11.1 Å². The Kier molecular flexibility index (Phi) is 3.16. The molecule has 20 heavy (non-hydrogen) atoms. The Bertz CT molecular complexity index is 725. The highest BCUT2D eigenvalue weighted by Crippen LogP contribution is 2.40. The van der Waals surface area contributed by atoms with Crippen LogP contribution in [-0.4, -0.2) is 33.7 Å². The number of benzene rings is 1. The van der Waals surface area contributed by atoms with Gasteiger partial charge in [-0.3, -0.25) is 0 Å². The van der Waals surface area contributed by atoms with E-state index in [2.05, 4.69) is 0 Å². The maximum absolute atomic E-state index is 12.5. The molecular formula is C12H16N2O4S2. The van der Waals surface area contributed by atoms with E-state index in [0.717, 1.165) is 19.3 Å². The van der Waals surface area contributed by atoms with Crippen LogP contribution < -0.4 is 5.14 Å². The first kappa shape index (κ1) is 14.0. The smallest absolute Gasteiger partial charge is 0.225 e. The van der Waals surface area contributed by atoms with Crippen molar-refractivity contribution in [3.63, 3.8) is 0 Å². The number of hydrogen-bond donors (Lipinski definition) is 1. The molecule has 1 heterocycles. The maximum Gasteiger partial charge on any atom is 0.243 e. The van der Waals surface area contributed by atoms with E-state index in [1.807, 2.05) is 0 Å². The lowest BCUT2D eigenvalue weighted by Crippen LogP contribution is -2.37. The van der Waals surface area contributed by atoms with Crippen LogP contribution in [0.25, 0.3) is 0 Å². The number of nitrogens with zero attached hydrogens (tertiary/aromatic N) is 1.